The molecule has 0 saturated carbocycles. The third-order valence-electron chi connectivity index (χ3n) is 4.50. The number of aromatic amines is 2. The van der Waals surface area contributed by atoms with Crippen molar-refractivity contribution in [1.82, 2.24) is 24.7 Å². The molecule has 0 amide bonds. The zero-order valence-electron chi connectivity index (χ0n) is 14.9. The molecule has 3 N–H and O–H groups in total. The standard InChI is InChI=1S/C18H18N6O3S/c19-8-12(16-20-13-5-1-2-6-14(13)21-16)15(25)10-28-18-23-22-17(26)24(18)9-11-4-3-7-27-11/h1-2,5-6,11,25H,3-4,7,9-10H2,(H,20,21)(H,22,26)/b15-12-/t11-/m0/s1. The van der Waals surface area contributed by atoms with Crippen molar-refractivity contribution in [3.8, 4) is 6.07 Å². The largest absolute Gasteiger partial charge is 0.510 e. The molecule has 1 aliphatic rings. The van der Waals surface area contributed by atoms with E-state index in [0.29, 0.717) is 29.6 Å². The number of nitriles is 1. The Hall–Kier alpha value is -3.03. The molecule has 2 aromatic heterocycles. The van der Waals surface area contributed by atoms with Crippen LogP contribution in [-0.4, -0.2) is 48.3 Å². The number of ether oxygens (including phenoxy) is 1. The molecular weight excluding hydrogens is 380 g/mol. The summed E-state index contributed by atoms with van der Waals surface area (Å²) in [5, 5.41) is 26.8. The zero-order chi connectivity index (χ0) is 19.5. The quantitative estimate of drug-likeness (QED) is 0.329. The average molecular weight is 398 g/mol. The molecule has 9 nitrogen and oxygen atoms in total. The van der Waals surface area contributed by atoms with E-state index < -0.39 is 0 Å². The molecule has 1 fully saturated rings. The van der Waals surface area contributed by atoms with Crippen LogP contribution in [0.3, 0.4) is 0 Å². The second-order valence-corrected chi connectivity index (χ2v) is 7.32. The molecule has 144 valence electrons. The molecule has 1 atom stereocenters. The first kappa shape index (κ1) is 18.3. The van der Waals surface area contributed by atoms with Crippen LogP contribution in [0.2, 0.25) is 0 Å². The maximum Gasteiger partial charge on any atom is 0.344 e. The van der Waals surface area contributed by atoms with Crippen LogP contribution in [0.4, 0.5) is 0 Å². The molecular formula is C18H18N6O3S. The highest BCUT2D eigenvalue weighted by Crippen LogP contribution is 2.24. The summed E-state index contributed by atoms with van der Waals surface area (Å²) in [6.45, 7) is 1.11. The van der Waals surface area contributed by atoms with Gasteiger partial charge in [0.25, 0.3) is 0 Å². The summed E-state index contributed by atoms with van der Waals surface area (Å²) in [5.74, 6) is 0.252. The first-order valence-electron chi connectivity index (χ1n) is 8.82. The van der Waals surface area contributed by atoms with Gasteiger partial charge in [-0.05, 0) is 25.0 Å². The number of hydrogen-bond acceptors (Lipinski definition) is 7. The van der Waals surface area contributed by atoms with Gasteiger partial charge in [-0.25, -0.2) is 14.9 Å². The molecule has 1 aromatic carbocycles. The highest BCUT2D eigenvalue weighted by molar-refractivity contribution is 7.99. The van der Waals surface area contributed by atoms with Crippen molar-refractivity contribution in [2.45, 2.75) is 30.6 Å². The molecule has 3 aromatic rings. The Labute approximate surface area is 164 Å². The molecule has 0 spiro atoms. The number of imidazole rings is 1. The van der Waals surface area contributed by atoms with Crippen molar-refractivity contribution in [3.05, 3.63) is 46.3 Å². The molecule has 3 heterocycles. The van der Waals surface area contributed by atoms with Gasteiger partial charge in [0, 0.05) is 6.61 Å². The van der Waals surface area contributed by atoms with Gasteiger partial charge in [0.2, 0.25) is 0 Å². The minimum absolute atomic E-state index is 0.0102. The smallest absolute Gasteiger partial charge is 0.344 e. The number of aromatic nitrogens is 5. The predicted molar refractivity (Wildman–Crippen MR) is 104 cm³/mol. The number of rotatable bonds is 6. The summed E-state index contributed by atoms with van der Waals surface area (Å²) in [4.78, 5) is 19.4. The van der Waals surface area contributed by atoms with E-state index in [1.54, 1.807) is 0 Å². The second-order valence-electron chi connectivity index (χ2n) is 6.38. The van der Waals surface area contributed by atoms with Gasteiger partial charge in [0.1, 0.15) is 17.4 Å². The third kappa shape index (κ3) is 3.67. The number of nitrogens with zero attached hydrogens (tertiary/aromatic N) is 4. The third-order valence-corrected chi connectivity index (χ3v) is 5.49. The number of H-pyrrole nitrogens is 2. The number of allylic oxidation sites excluding steroid dienone is 1. The minimum atomic E-state index is -0.320. The van der Waals surface area contributed by atoms with E-state index in [4.69, 9.17) is 4.74 Å². The van der Waals surface area contributed by atoms with E-state index >= 15 is 0 Å². The van der Waals surface area contributed by atoms with Gasteiger partial charge in [-0.15, -0.1) is 5.10 Å². The van der Waals surface area contributed by atoms with Gasteiger partial charge in [0.05, 0.1) is 29.4 Å². The van der Waals surface area contributed by atoms with Crippen LogP contribution in [0.5, 0.6) is 0 Å². The van der Waals surface area contributed by atoms with E-state index in [9.17, 15) is 15.2 Å². The van der Waals surface area contributed by atoms with Crippen molar-refractivity contribution in [2.24, 2.45) is 0 Å². The summed E-state index contributed by atoms with van der Waals surface area (Å²) in [6.07, 6.45) is 1.87. The van der Waals surface area contributed by atoms with Crippen LogP contribution in [0.1, 0.15) is 18.7 Å². The fourth-order valence-electron chi connectivity index (χ4n) is 3.10. The Morgan fingerprint density at radius 1 is 1.46 bits per heavy atom. The SMILES string of the molecule is N#C/C(=C(/O)CSc1n[nH]c(=O)n1C[C@@H]1CCCO1)c1nc2ccccc2[nH]1. The Morgan fingerprint density at radius 2 is 2.32 bits per heavy atom. The topological polar surface area (TPSA) is 133 Å². The Balaban J connectivity index is 1.53. The molecule has 0 radical (unpaired) electrons. The summed E-state index contributed by atoms with van der Waals surface area (Å²) in [7, 11) is 0. The number of aliphatic hydroxyl groups is 1. The molecule has 4 rings (SSSR count). The van der Waals surface area contributed by atoms with Crippen LogP contribution < -0.4 is 5.69 Å². The molecule has 28 heavy (non-hydrogen) atoms. The summed E-state index contributed by atoms with van der Waals surface area (Å²) in [5.41, 5.74) is 1.23. The van der Waals surface area contributed by atoms with Crippen LogP contribution in [0.15, 0.2) is 40.0 Å². The number of aliphatic hydroxyl groups excluding tert-OH is 1. The van der Waals surface area contributed by atoms with Gasteiger partial charge in [-0.3, -0.25) is 4.57 Å². The number of thioether (sulfide) groups is 1. The second kappa shape index (κ2) is 7.92. The predicted octanol–water partition coefficient (Wildman–Crippen LogP) is 2.21. The highest BCUT2D eigenvalue weighted by atomic mass is 32.2. The van der Waals surface area contributed by atoms with Crippen LogP contribution in [0, 0.1) is 11.3 Å². The first-order chi connectivity index (χ1) is 13.7. The van der Waals surface area contributed by atoms with Crippen molar-refractivity contribution >= 4 is 28.4 Å². The van der Waals surface area contributed by atoms with Crippen LogP contribution >= 0.6 is 11.8 Å². The number of para-hydroxylation sites is 2. The molecule has 0 bridgehead atoms. The van der Waals surface area contributed by atoms with Gasteiger partial charge < -0.3 is 14.8 Å². The highest BCUT2D eigenvalue weighted by Gasteiger charge is 2.20. The van der Waals surface area contributed by atoms with E-state index in [1.807, 2.05) is 30.3 Å². The lowest BCUT2D eigenvalue weighted by Crippen LogP contribution is -2.25. The van der Waals surface area contributed by atoms with Crippen molar-refractivity contribution in [2.75, 3.05) is 12.4 Å². The summed E-state index contributed by atoms with van der Waals surface area (Å²) < 4.78 is 7.08. The number of benzene rings is 1. The molecule has 0 unspecified atom stereocenters. The molecule has 1 aliphatic heterocycles. The minimum Gasteiger partial charge on any atom is -0.510 e. The van der Waals surface area contributed by atoms with Crippen molar-refractivity contribution in [3.63, 3.8) is 0 Å². The van der Waals surface area contributed by atoms with E-state index in [-0.39, 0.29) is 28.9 Å². The van der Waals surface area contributed by atoms with E-state index in [1.165, 1.54) is 16.3 Å². The fourth-order valence-corrected chi connectivity index (χ4v) is 3.93. The summed E-state index contributed by atoms with van der Waals surface area (Å²) in [6, 6.07) is 9.38. The van der Waals surface area contributed by atoms with Gasteiger partial charge >= 0.3 is 5.69 Å². The van der Waals surface area contributed by atoms with Crippen molar-refractivity contribution < 1.29 is 9.84 Å². The van der Waals surface area contributed by atoms with Gasteiger partial charge in [0.15, 0.2) is 11.0 Å². The lowest BCUT2D eigenvalue weighted by molar-refractivity contribution is 0.0941. The number of nitrogens with one attached hydrogen (secondary N) is 2. The monoisotopic (exact) mass is 398 g/mol. The lowest BCUT2D eigenvalue weighted by atomic mass is 10.2. The maximum atomic E-state index is 12.0. The maximum absolute atomic E-state index is 12.0. The number of fused-ring (bicyclic) bond motifs is 1. The fraction of sp³-hybridized carbons (Fsp3) is 0.333. The Morgan fingerprint density at radius 3 is 3.07 bits per heavy atom. The van der Waals surface area contributed by atoms with Crippen LogP contribution in [0.25, 0.3) is 16.6 Å². The zero-order valence-corrected chi connectivity index (χ0v) is 15.7. The van der Waals surface area contributed by atoms with Crippen LogP contribution in [-0.2, 0) is 11.3 Å². The normalized spacial score (nSPS) is 17.6. The molecule has 0 aliphatic carbocycles. The van der Waals surface area contributed by atoms with Crippen molar-refractivity contribution in [1.29, 1.82) is 5.26 Å². The van der Waals surface area contributed by atoms with Gasteiger partial charge in [-0.2, -0.15) is 5.26 Å². The average Bonchev–Trinajstić information content (AvgIpc) is 3.42. The Kier molecular flexibility index (Phi) is 5.18. The van der Waals surface area contributed by atoms with E-state index in [2.05, 4.69) is 20.2 Å². The first-order valence-corrected chi connectivity index (χ1v) is 9.81. The molecule has 10 heteroatoms. The molecule has 1 saturated heterocycles. The van der Waals surface area contributed by atoms with Gasteiger partial charge in [-0.1, -0.05) is 23.9 Å². The number of hydrogen-bond donors (Lipinski definition) is 3. The van der Waals surface area contributed by atoms with E-state index in [0.717, 1.165) is 18.4 Å². The lowest BCUT2D eigenvalue weighted by Gasteiger charge is -2.11. The Bertz CT molecular complexity index is 1080. The summed E-state index contributed by atoms with van der Waals surface area (Å²) >= 11 is 1.17.